The minimum absolute atomic E-state index is 0.0355. The van der Waals surface area contributed by atoms with Crippen LogP contribution >= 0.6 is 7.82 Å². The lowest BCUT2D eigenvalue weighted by atomic mass is 10.0. The number of ether oxygens (including phenoxy) is 2. The van der Waals surface area contributed by atoms with Gasteiger partial charge in [-0.05, 0) is 51.4 Å². The number of carbonyl (C=O) groups is 2. The Hall–Kier alpha value is -1.77. The zero-order chi connectivity index (χ0) is 62.6. The molecule has 1 N–H and O–H groups in total. The smallest absolute Gasteiger partial charge is 0.462 e. The first-order valence-electron chi connectivity index (χ1n) is 37.7. The van der Waals surface area contributed by atoms with Gasteiger partial charge in [-0.3, -0.25) is 18.6 Å². The number of nitrogens with zero attached hydrogens (tertiary/aromatic N) is 1. The first-order chi connectivity index (χ1) is 42.0. The summed E-state index contributed by atoms with van der Waals surface area (Å²) >= 11 is 0. The number of phosphoric acid groups is 1. The molecule has 0 amide bonds. The summed E-state index contributed by atoms with van der Waals surface area (Å²) in [5.41, 5.74) is 0. The van der Waals surface area contributed by atoms with E-state index in [9.17, 15) is 19.0 Å². The molecule has 0 bridgehead atoms. The van der Waals surface area contributed by atoms with E-state index < -0.39 is 26.5 Å². The number of hydrogen-bond donors (Lipinski definition) is 1. The van der Waals surface area contributed by atoms with Gasteiger partial charge < -0.3 is 18.9 Å². The van der Waals surface area contributed by atoms with Crippen LogP contribution < -0.4 is 0 Å². The standard InChI is InChI=1S/C76H146NO8P/c1-6-8-10-12-14-16-18-20-22-24-26-28-30-32-33-34-35-36-37-38-39-40-41-42-43-45-47-49-51-53-55-57-59-61-63-65-67-69-76(79)85-74(73-84-86(80,81)83-71-70-77(3,4)5)72-82-75(78)68-66-64-62-60-58-56-54-52-50-48-46-44-31-29-27-25-23-21-19-17-15-13-11-9-7-2/h18,20,24,26,30,32,74H,6-17,19,21-23,25,27-29,31,33-73H2,1-5H3/p+1/b20-18-,26-24-,32-30-. The second-order valence-corrected chi connectivity index (χ2v) is 28.5. The van der Waals surface area contributed by atoms with Gasteiger partial charge in [0.05, 0.1) is 27.7 Å². The van der Waals surface area contributed by atoms with Crippen LogP contribution in [0.5, 0.6) is 0 Å². The highest BCUT2D eigenvalue weighted by atomic mass is 31.2. The Kier molecular flexibility index (Phi) is 66.2. The molecule has 10 heteroatoms. The molecular formula is C76H147NO8P+. The molecule has 508 valence electrons. The summed E-state index contributed by atoms with van der Waals surface area (Å²) in [6, 6.07) is 0. The Labute approximate surface area is 535 Å². The number of esters is 2. The molecule has 0 fully saturated rings. The van der Waals surface area contributed by atoms with Gasteiger partial charge in [0.1, 0.15) is 19.8 Å². The van der Waals surface area contributed by atoms with Crippen LogP contribution in [-0.2, 0) is 32.7 Å². The normalized spacial score (nSPS) is 13.2. The quantitative estimate of drug-likeness (QED) is 0.0211. The second kappa shape index (κ2) is 67.6. The van der Waals surface area contributed by atoms with Crippen LogP contribution in [0.25, 0.3) is 0 Å². The van der Waals surface area contributed by atoms with Crippen LogP contribution in [0.15, 0.2) is 36.5 Å². The molecule has 0 aliphatic carbocycles. The second-order valence-electron chi connectivity index (χ2n) is 27.0. The van der Waals surface area contributed by atoms with Crippen molar-refractivity contribution < 1.29 is 42.1 Å². The lowest BCUT2D eigenvalue weighted by Crippen LogP contribution is -2.37. The first-order valence-corrected chi connectivity index (χ1v) is 39.2. The van der Waals surface area contributed by atoms with E-state index in [2.05, 4.69) is 50.3 Å². The third-order valence-electron chi connectivity index (χ3n) is 17.2. The van der Waals surface area contributed by atoms with Gasteiger partial charge in [0.2, 0.25) is 0 Å². The van der Waals surface area contributed by atoms with Crippen molar-refractivity contribution in [1.82, 2.24) is 0 Å². The summed E-state index contributed by atoms with van der Waals surface area (Å²) in [5, 5.41) is 0. The predicted molar refractivity (Wildman–Crippen MR) is 372 cm³/mol. The zero-order valence-electron chi connectivity index (χ0n) is 58.1. The number of carbonyl (C=O) groups excluding carboxylic acids is 2. The largest absolute Gasteiger partial charge is 0.472 e. The van der Waals surface area contributed by atoms with Gasteiger partial charge in [-0.2, -0.15) is 0 Å². The molecule has 0 aromatic rings. The number of rotatable bonds is 71. The summed E-state index contributed by atoms with van der Waals surface area (Å²) < 4.78 is 34.8. The van der Waals surface area contributed by atoms with Crippen molar-refractivity contribution in [1.29, 1.82) is 0 Å². The van der Waals surface area contributed by atoms with Crippen molar-refractivity contribution in [2.75, 3.05) is 47.5 Å². The lowest BCUT2D eigenvalue weighted by Gasteiger charge is -2.24. The van der Waals surface area contributed by atoms with Crippen molar-refractivity contribution in [2.45, 2.75) is 392 Å². The van der Waals surface area contributed by atoms with Crippen LogP contribution in [0.3, 0.4) is 0 Å². The summed E-state index contributed by atoms with van der Waals surface area (Å²) in [7, 11) is 1.50. The average molecular weight is 1230 g/mol. The summed E-state index contributed by atoms with van der Waals surface area (Å²) in [4.78, 5) is 35.9. The molecule has 0 aromatic carbocycles. The number of likely N-dealkylation sites (N-methyl/N-ethyl adjacent to an activating group) is 1. The molecular weight excluding hydrogens is 1090 g/mol. The Balaban J connectivity index is 3.93. The van der Waals surface area contributed by atoms with E-state index >= 15 is 0 Å². The Morgan fingerprint density at radius 3 is 0.930 bits per heavy atom. The fourth-order valence-corrected chi connectivity index (χ4v) is 12.1. The SMILES string of the molecule is CCCCCCC/C=C\C/C=C\C/C=C\CCCCCCCCCCCCCCCCCCCCCCCCC(=O)OC(COC(=O)CCCCCCCCCCCCCCCCCCCCCCCCCCC)COP(=O)(O)OCC[N+](C)(C)C. The van der Waals surface area contributed by atoms with Crippen LogP contribution in [0, 0.1) is 0 Å². The van der Waals surface area contributed by atoms with Crippen LogP contribution in [0.2, 0.25) is 0 Å². The highest BCUT2D eigenvalue weighted by Crippen LogP contribution is 2.43. The maximum atomic E-state index is 12.9. The molecule has 2 atom stereocenters. The van der Waals surface area contributed by atoms with Gasteiger partial charge in [0.15, 0.2) is 6.10 Å². The number of phosphoric ester groups is 1. The average Bonchev–Trinajstić information content (AvgIpc) is 3.67. The molecule has 0 aromatic heterocycles. The monoisotopic (exact) mass is 1230 g/mol. The molecule has 0 heterocycles. The molecule has 0 saturated heterocycles. The minimum Gasteiger partial charge on any atom is -0.462 e. The minimum atomic E-state index is -4.39. The van der Waals surface area contributed by atoms with E-state index in [0.717, 1.165) is 44.9 Å². The van der Waals surface area contributed by atoms with Crippen molar-refractivity contribution in [3.63, 3.8) is 0 Å². The van der Waals surface area contributed by atoms with E-state index in [0.29, 0.717) is 23.9 Å². The van der Waals surface area contributed by atoms with Gasteiger partial charge in [0, 0.05) is 12.8 Å². The molecule has 0 aliphatic heterocycles. The first kappa shape index (κ1) is 84.2. The van der Waals surface area contributed by atoms with E-state index in [1.807, 2.05) is 21.1 Å². The van der Waals surface area contributed by atoms with Gasteiger partial charge in [-0.1, -0.05) is 359 Å². The number of hydrogen-bond acceptors (Lipinski definition) is 7. The molecule has 0 saturated carbocycles. The molecule has 9 nitrogen and oxygen atoms in total. The third kappa shape index (κ3) is 71.3. The maximum Gasteiger partial charge on any atom is 0.472 e. The van der Waals surface area contributed by atoms with E-state index in [1.165, 1.54) is 308 Å². The van der Waals surface area contributed by atoms with Crippen molar-refractivity contribution in [3.05, 3.63) is 36.5 Å². The Bertz CT molecular complexity index is 1540. The highest BCUT2D eigenvalue weighted by Gasteiger charge is 2.27. The number of allylic oxidation sites excluding steroid dienone is 6. The molecule has 2 unspecified atom stereocenters. The van der Waals surface area contributed by atoms with Crippen LogP contribution in [-0.4, -0.2) is 74.9 Å². The van der Waals surface area contributed by atoms with Crippen molar-refractivity contribution in [2.24, 2.45) is 0 Å². The summed E-state index contributed by atoms with van der Waals surface area (Å²) in [6.07, 6.45) is 87.0. The highest BCUT2D eigenvalue weighted by molar-refractivity contribution is 7.47. The van der Waals surface area contributed by atoms with Crippen LogP contribution in [0.1, 0.15) is 386 Å². The maximum absolute atomic E-state index is 12.9. The molecule has 0 aliphatic rings. The fraction of sp³-hybridized carbons (Fsp3) is 0.895. The Morgan fingerprint density at radius 2 is 0.628 bits per heavy atom. The van der Waals surface area contributed by atoms with E-state index in [4.69, 9.17) is 18.5 Å². The molecule has 86 heavy (non-hydrogen) atoms. The fourth-order valence-electron chi connectivity index (χ4n) is 11.4. The number of unbranched alkanes of at least 4 members (excludes halogenated alkanes) is 51. The van der Waals surface area contributed by atoms with Crippen molar-refractivity contribution in [3.8, 4) is 0 Å². The third-order valence-corrected chi connectivity index (χ3v) is 18.2. The van der Waals surface area contributed by atoms with E-state index in [-0.39, 0.29) is 25.6 Å². The van der Waals surface area contributed by atoms with Gasteiger partial charge in [0.25, 0.3) is 0 Å². The molecule has 0 rings (SSSR count). The van der Waals surface area contributed by atoms with Gasteiger partial charge in [-0.25, -0.2) is 4.57 Å². The zero-order valence-corrected chi connectivity index (χ0v) is 59.0. The summed E-state index contributed by atoms with van der Waals surface area (Å²) in [5.74, 6) is -0.772. The molecule has 0 spiro atoms. The number of quaternary nitrogens is 1. The lowest BCUT2D eigenvalue weighted by molar-refractivity contribution is -0.870. The topological polar surface area (TPSA) is 108 Å². The van der Waals surface area contributed by atoms with E-state index in [1.54, 1.807) is 0 Å². The van der Waals surface area contributed by atoms with Crippen molar-refractivity contribution >= 4 is 19.8 Å². The Morgan fingerprint density at radius 1 is 0.360 bits per heavy atom. The predicted octanol–water partition coefficient (Wildman–Crippen LogP) is 24.6. The molecule has 0 radical (unpaired) electrons. The van der Waals surface area contributed by atoms with Crippen LogP contribution in [0.4, 0.5) is 0 Å². The summed E-state index contributed by atoms with van der Waals surface area (Å²) in [6.45, 7) is 4.50. The van der Waals surface area contributed by atoms with Gasteiger partial charge in [-0.15, -0.1) is 0 Å². The van der Waals surface area contributed by atoms with Gasteiger partial charge >= 0.3 is 19.8 Å².